The maximum atomic E-state index is 9.08. The van der Waals surface area contributed by atoms with Gasteiger partial charge >= 0.3 is 0 Å². The normalized spacial score (nSPS) is 21.1. The first-order valence-electron chi connectivity index (χ1n) is 4.38. The lowest BCUT2D eigenvalue weighted by Gasteiger charge is -2.09. The highest BCUT2D eigenvalue weighted by Crippen LogP contribution is 2.23. The highest BCUT2D eigenvalue weighted by Gasteiger charge is 2.15. The van der Waals surface area contributed by atoms with Crippen LogP contribution in [0.25, 0.3) is 0 Å². The van der Waals surface area contributed by atoms with Crippen molar-refractivity contribution in [1.82, 2.24) is 5.32 Å². The number of rotatable bonds is 1. The van der Waals surface area contributed by atoms with Gasteiger partial charge < -0.3 is 10.4 Å². The van der Waals surface area contributed by atoms with Crippen molar-refractivity contribution in [2.45, 2.75) is 18.9 Å². The maximum absolute atomic E-state index is 9.08. The molecule has 2 N–H and O–H groups in total. The summed E-state index contributed by atoms with van der Waals surface area (Å²) in [6.45, 7) is 1.12. The molecule has 0 spiro atoms. The first kappa shape index (κ1) is 10.4. The minimum Gasteiger partial charge on any atom is -0.508 e. The van der Waals surface area contributed by atoms with Crippen LogP contribution < -0.4 is 5.32 Å². The summed E-state index contributed by atoms with van der Waals surface area (Å²) in [6, 6.07) is 7.96. The summed E-state index contributed by atoms with van der Waals surface area (Å²) in [5, 5.41) is 12.5. The summed E-state index contributed by atoms with van der Waals surface area (Å²) in [7, 11) is 0. The molecule has 0 amide bonds. The average Bonchev–Trinajstić information content (AvgIpc) is 2.58. The van der Waals surface area contributed by atoms with Crippen molar-refractivity contribution >= 4 is 12.4 Å². The summed E-state index contributed by atoms with van der Waals surface area (Å²) in [5.74, 6) is 0.344. The first-order chi connectivity index (χ1) is 5.86. The van der Waals surface area contributed by atoms with Crippen molar-refractivity contribution in [2.24, 2.45) is 0 Å². The summed E-state index contributed by atoms with van der Waals surface area (Å²) in [4.78, 5) is 0. The van der Waals surface area contributed by atoms with Gasteiger partial charge in [0.05, 0.1) is 0 Å². The Hall–Kier alpha value is -0.730. The minimum absolute atomic E-state index is 0. The average molecular weight is 200 g/mol. The molecule has 2 rings (SSSR count). The zero-order valence-corrected chi connectivity index (χ0v) is 8.18. The van der Waals surface area contributed by atoms with Crippen LogP contribution in [0.3, 0.4) is 0 Å². The van der Waals surface area contributed by atoms with Crippen molar-refractivity contribution in [1.29, 1.82) is 0 Å². The van der Waals surface area contributed by atoms with Gasteiger partial charge in [-0.1, -0.05) is 12.1 Å². The van der Waals surface area contributed by atoms with E-state index in [-0.39, 0.29) is 12.4 Å². The topological polar surface area (TPSA) is 32.3 Å². The van der Waals surface area contributed by atoms with E-state index in [9.17, 15) is 0 Å². The van der Waals surface area contributed by atoms with Crippen LogP contribution in [0.4, 0.5) is 0 Å². The molecule has 0 aromatic heterocycles. The lowest BCUT2D eigenvalue weighted by Crippen LogP contribution is -2.12. The second-order valence-corrected chi connectivity index (χ2v) is 3.24. The standard InChI is InChI=1S/C10H13NO.ClH/c12-9-5-3-8(4-6-9)10-2-1-7-11-10;/h3-6,10-12H,1-2,7H2;1H. The van der Waals surface area contributed by atoms with Crippen molar-refractivity contribution in [2.75, 3.05) is 6.54 Å². The molecule has 0 aliphatic carbocycles. The molecule has 1 saturated heterocycles. The van der Waals surface area contributed by atoms with E-state index in [0.717, 1.165) is 6.54 Å². The Balaban J connectivity index is 0.000000845. The Morgan fingerprint density at radius 1 is 1.23 bits per heavy atom. The molecule has 72 valence electrons. The van der Waals surface area contributed by atoms with Gasteiger partial charge in [-0.25, -0.2) is 0 Å². The van der Waals surface area contributed by atoms with Crippen LogP contribution in [-0.4, -0.2) is 11.7 Å². The SMILES string of the molecule is Cl.Oc1ccc(C2CCCN2)cc1. The van der Waals surface area contributed by atoms with E-state index >= 15 is 0 Å². The van der Waals surface area contributed by atoms with Gasteiger partial charge in [0.1, 0.15) is 5.75 Å². The zero-order valence-electron chi connectivity index (χ0n) is 7.36. The van der Waals surface area contributed by atoms with E-state index in [1.54, 1.807) is 12.1 Å². The molecule has 1 heterocycles. The first-order valence-corrected chi connectivity index (χ1v) is 4.38. The molecular weight excluding hydrogens is 186 g/mol. The van der Waals surface area contributed by atoms with Crippen LogP contribution in [-0.2, 0) is 0 Å². The summed E-state index contributed by atoms with van der Waals surface area (Å²) < 4.78 is 0. The fraction of sp³-hybridized carbons (Fsp3) is 0.400. The van der Waals surface area contributed by atoms with Crippen molar-refractivity contribution in [3.63, 3.8) is 0 Å². The van der Waals surface area contributed by atoms with Gasteiger partial charge in [0.25, 0.3) is 0 Å². The number of halogens is 1. The second-order valence-electron chi connectivity index (χ2n) is 3.24. The highest BCUT2D eigenvalue weighted by molar-refractivity contribution is 5.85. The zero-order chi connectivity index (χ0) is 8.39. The molecule has 13 heavy (non-hydrogen) atoms. The predicted octanol–water partition coefficient (Wildman–Crippen LogP) is 2.24. The molecule has 2 nitrogen and oxygen atoms in total. The van der Waals surface area contributed by atoms with E-state index in [1.807, 2.05) is 12.1 Å². The van der Waals surface area contributed by atoms with Crippen LogP contribution in [0, 0.1) is 0 Å². The minimum atomic E-state index is 0. The van der Waals surface area contributed by atoms with E-state index in [4.69, 9.17) is 5.11 Å². The molecule has 0 bridgehead atoms. The van der Waals surface area contributed by atoms with Gasteiger partial charge in [-0.3, -0.25) is 0 Å². The quantitative estimate of drug-likeness (QED) is 0.727. The summed E-state index contributed by atoms with van der Waals surface area (Å²) in [6.07, 6.45) is 2.47. The molecule has 1 unspecified atom stereocenters. The number of hydrogen-bond acceptors (Lipinski definition) is 2. The molecule has 1 atom stereocenters. The van der Waals surface area contributed by atoms with Gasteiger partial charge in [-0.15, -0.1) is 12.4 Å². The Morgan fingerprint density at radius 3 is 2.46 bits per heavy atom. The second kappa shape index (κ2) is 4.49. The van der Waals surface area contributed by atoms with Gasteiger partial charge in [0.15, 0.2) is 0 Å². The number of phenols is 1. The lowest BCUT2D eigenvalue weighted by atomic mass is 10.1. The molecule has 0 radical (unpaired) electrons. The van der Waals surface area contributed by atoms with E-state index in [2.05, 4.69) is 5.32 Å². The van der Waals surface area contributed by atoms with Gasteiger partial charge in [-0.05, 0) is 37.1 Å². The molecule has 0 saturated carbocycles. The molecule has 1 aromatic carbocycles. The van der Waals surface area contributed by atoms with Crippen LogP contribution in [0.5, 0.6) is 5.75 Å². The van der Waals surface area contributed by atoms with Crippen LogP contribution >= 0.6 is 12.4 Å². The fourth-order valence-corrected chi connectivity index (χ4v) is 1.68. The van der Waals surface area contributed by atoms with Crippen LogP contribution in [0.1, 0.15) is 24.4 Å². The summed E-state index contributed by atoms with van der Waals surface area (Å²) >= 11 is 0. The third kappa shape index (κ3) is 2.36. The molecule has 1 aromatic rings. The number of phenolic OH excluding ortho intramolecular Hbond substituents is 1. The van der Waals surface area contributed by atoms with Crippen LogP contribution in [0.2, 0.25) is 0 Å². The third-order valence-electron chi connectivity index (χ3n) is 2.36. The van der Waals surface area contributed by atoms with Crippen molar-refractivity contribution in [3.05, 3.63) is 29.8 Å². The van der Waals surface area contributed by atoms with E-state index in [0.29, 0.717) is 11.8 Å². The Kier molecular flexibility index (Phi) is 3.58. The van der Waals surface area contributed by atoms with Gasteiger partial charge in [-0.2, -0.15) is 0 Å². The molecule has 1 aliphatic heterocycles. The number of benzene rings is 1. The van der Waals surface area contributed by atoms with Crippen LogP contribution in [0.15, 0.2) is 24.3 Å². The van der Waals surface area contributed by atoms with Crippen molar-refractivity contribution < 1.29 is 5.11 Å². The predicted molar refractivity (Wildman–Crippen MR) is 55.3 cm³/mol. The Morgan fingerprint density at radius 2 is 1.92 bits per heavy atom. The Bertz CT molecular complexity index is 254. The van der Waals surface area contributed by atoms with Crippen molar-refractivity contribution in [3.8, 4) is 5.75 Å². The van der Waals surface area contributed by atoms with E-state index < -0.39 is 0 Å². The third-order valence-corrected chi connectivity index (χ3v) is 2.36. The maximum Gasteiger partial charge on any atom is 0.115 e. The molecule has 3 heteroatoms. The summed E-state index contributed by atoms with van der Waals surface area (Å²) in [5.41, 5.74) is 1.28. The number of aromatic hydroxyl groups is 1. The van der Waals surface area contributed by atoms with E-state index in [1.165, 1.54) is 18.4 Å². The largest absolute Gasteiger partial charge is 0.508 e. The van der Waals surface area contributed by atoms with Gasteiger partial charge in [0.2, 0.25) is 0 Å². The smallest absolute Gasteiger partial charge is 0.115 e. The van der Waals surface area contributed by atoms with Gasteiger partial charge in [0, 0.05) is 6.04 Å². The fourth-order valence-electron chi connectivity index (χ4n) is 1.68. The number of nitrogens with one attached hydrogen (secondary N) is 1. The Labute approximate surface area is 84.4 Å². The number of hydrogen-bond donors (Lipinski definition) is 2. The molecule has 1 fully saturated rings. The molecular formula is C10H14ClNO. The lowest BCUT2D eigenvalue weighted by molar-refractivity contribution is 0.474. The molecule has 1 aliphatic rings. The highest BCUT2D eigenvalue weighted by atomic mass is 35.5. The monoisotopic (exact) mass is 199 g/mol.